The summed E-state index contributed by atoms with van der Waals surface area (Å²) < 4.78 is 62.3. The maximum Gasteiger partial charge on any atom is 0.416 e. The van der Waals surface area contributed by atoms with E-state index in [9.17, 15) is 18.9 Å². The highest BCUT2D eigenvalue weighted by atomic mass is 31.2. The molecular weight excluding hydrogens is 725 g/mol. The predicted octanol–water partition coefficient (Wildman–Crippen LogP) is 5.74. The summed E-state index contributed by atoms with van der Waals surface area (Å²) in [7, 11) is -3.72. The van der Waals surface area contributed by atoms with Gasteiger partial charge in [0.15, 0.2) is 29.3 Å². The van der Waals surface area contributed by atoms with Crippen molar-refractivity contribution in [2.75, 3.05) is 38.0 Å². The minimum absolute atomic E-state index is 0.0427. The first kappa shape index (κ1) is 41.7. The molecule has 0 spiro atoms. The zero-order valence-electron chi connectivity index (χ0n) is 32.9. The van der Waals surface area contributed by atoms with Crippen LogP contribution in [-0.4, -0.2) is 112 Å². The van der Waals surface area contributed by atoms with Crippen LogP contribution in [0.25, 0.3) is 17.1 Å². The van der Waals surface area contributed by atoms with Crippen molar-refractivity contribution in [1.29, 1.82) is 0 Å². The van der Waals surface area contributed by atoms with Gasteiger partial charge in [0.05, 0.1) is 38.0 Å². The standard InChI is InChI=1S/C36H54N5O12P/c1-11-46-26(42)19-18-25-38-29(40(22-16-14-15-17-22)33(44)53-34(4,5)6)23-20-37-41(30(23)39-25)31-28-27(51-35(7,8)52-28)24(50-31)21-48-36(9,32(43)47-12-2)54(10,45)49-13-3/h18-20,22,24,27-28,31H,11-17,21H2,1-10H3/b19-18+/t24-,27-,28-,31-,36?,54?/m1/s1. The highest BCUT2D eigenvalue weighted by Crippen LogP contribution is 2.57. The second-order valence-electron chi connectivity index (χ2n) is 15.0. The summed E-state index contributed by atoms with van der Waals surface area (Å²) in [6.45, 7) is 16.7. The van der Waals surface area contributed by atoms with Crippen molar-refractivity contribution < 1.29 is 56.6 Å². The Kier molecular flexibility index (Phi) is 12.6. The van der Waals surface area contributed by atoms with Gasteiger partial charge in [-0.1, -0.05) is 12.8 Å². The molecule has 3 fully saturated rings. The molecule has 6 atom stereocenters. The SMILES string of the molecule is CCOC(=O)/C=C/c1nc(N(C(=O)OC(C)(C)C)C2CCCC2)c2cnn([C@@H]3O[C@H](COC(C)(C(=O)OCC)P(C)(=O)OCC)[C@H]4OC(C)(C)O[C@H]43)c2n1. The Labute approximate surface area is 315 Å². The number of ether oxygens (including phenoxy) is 7. The van der Waals surface area contributed by atoms with E-state index in [-0.39, 0.29) is 49.8 Å². The Morgan fingerprint density at radius 3 is 2.31 bits per heavy atom. The van der Waals surface area contributed by atoms with Gasteiger partial charge in [-0.2, -0.15) is 5.10 Å². The van der Waals surface area contributed by atoms with E-state index in [4.69, 9.17) is 52.7 Å². The van der Waals surface area contributed by atoms with Crippen LogP contribution in [0.5, 0.6) is 0 Å². The van der Waals surface area contributed by atoms with Gasteiger partial charge < -0.3 is 37.7 Å². The summed E-state index contributed by atoms with van der Waals surface area (Å²) in [5, 5.41) is 3.17. The van der Waals surface area contributed by atoms with Crippen molar-refractivity contribution in [3.63, 3.8) is 0 Å². The Morgan fingerprint density at radius 2 is 1.69 bits per heavy atom. The lowest BCUT2D eigenvalue weighted by atomic mass is 10.1. The van der Waals surface area contributed by atoms with Crippen molar-refractivity contribution in [1.82, 2.24) is 19.7 Å². The van der Waals surface area contributed by atoms with Gasteiger partial charge in [-0.25, -0.2) is 29.0 Å². The van der Waals surface area contributed by atoms with Gasteiger partial charge in [0.2, 0.25) is 12.7 Å². The summed E-state index contributed by atoms with van der Waals surface area (Å²) >= 11 is 0. The summed E-state index contributed by atoms with van der Waals surface area (Å²) in [6.07, 6.45) is 3.65. The number of rotatable bonds is 14. The Bertz CT molecular complexity index is 1770. The van der Waals surface area contributed by atoms with E-state index in [1.54, 1.807) is 66.5 Å². The van der Waals surface area contributed by atoms with Crippen LogP contribution in [0.1, 0.15) is 100 Å². The van der Waals surface area contributed by atoms with Crippen molar-refractivity contribution in [3.05, 3.63) is 18.1 Å². The maximum atomic E-state index is 13.9. The molecule has 1 aliphatic carbocycles. The molecule has 0 bridgehead atoms. The first-order valence-corrected chi connectivity index (χ1v) is 20.6. The molecule has 18 heteroatoms. The Balaban J connectivity index is 1.58. The maximum absolute atomic E-state index is 13.9. The zero-order chi connectivity index (χ0) is 39.6. The van der Waals surface area contributed by atoms with Gasteiger partial charge in [-0.15, -0.1) is 0 Å². The van der Waals surface area contributed by atoms with Crippen molar-refractivity contribution in [3.8, 4) is 0 Å². The molecule has 2 aliphatic heterocycles. The third kappa shape index (κ3) is 8.81. The van der Waals surface area contributed by atoms with E-state index >= 15 is 0 Å². The summed E-state index contributed by atoms with van der Waals surface area (Å²) in [6, 6.07) is -0.205. The number of amides is 1. The van der Waals surface area contributed by atoms with Crippen LogP contribution >= 0.6 is 7.37 Å². The number of hydrogen-bond acceptors (Lipinski definition) is 15. The number of aromatic nitrogens is 4. The van der Waals surface area contributed by atoms with Crippen LogP contribution in [-0.2, 0) is 51.8 Å². The first-order valence-electron chi connectivity index (χ1n) is 18.5. The third-order valence-corrected chi connectivity index (χ3v) is 11.9. The second kappa shape index (κ2) is 16.3. The van der Waals surface area contributed by atoms with Crippen LogP contribution in [0.15, 0.2) is 12.3 Å². The fourth-order valence-electron chi connectivity index (χ4n) is 6.80. The van der Waals surface area contributed by atoms with Gasteiger partial charge in [0, 0.05) is 18.8 Å². The van der Waals surface area contributed by atoms with E-state index in [2.05, 4.69) is 0 Å². The molecule has 1 saturated carbocycles. The van der Waals surface area contributed by atoms with Gasteiger partial charge in [0.1, 0.15) is 23.9 Å². The molecule has 3 aliphatic rings. The molecule has 0 aromatic carbocycles. The minimum atomic E-state index is -3.72. The third-order valence-electron chi connectivity index (χ3n) is 9.31. The van der Waals surface area contributed by atoms with Crippen molar-refractivity contribution >= 4 is 48.3 Å². The molecule has 2 unspecified atom stereocenters. The zero-order valence-corrected chi connectivity index (χ0v) is 33.8. The van der Waals surface area contributed by atoms with E-state index in [1.807, 2.05) is 0 Å². The molecule has 2 saturated heterocycles. The number of esters is 2. The van der Waals surface area contributed by atoms with Crippen LogP contribution in [0.2, 0.25) is 0 Å². The molecule has 17 nitrogen and oxygen atoms in total. The van der Waals surface area contributed by atoms with E-state index in [0.717, 1.165) is 25.7 Å². The number of carbonyl (C=O) groups is 3. The van der Waals surface area contributed by atoms with Crippen molar-refractivity contribution in [2.45, 2.75) is 135 Å². The average molecular weight is 780 g/mol. The molecule has 54 heavy (non-hydrogen) atoms. The lowest BCUT2D eigenvalue weighted by molar-refractivity contribution is -0.207. The Morgan fingerprint density at radius 1 is 1.02 bits per heavy atom. The number of nitrogens with zero attached hydrogens (tertiary/aromatic N) is 5. The molecule has 4 heterocycles. The quantitative estimate of drug-likeness (QED) is 0.0976. The molecule has 5 rings (SSSR count). The highest BCUT2D eigenvalue weighted by molar-refractivity contribution is 7.60. The van der Waals surface area contributed by atoms with Gasteiger partial charge in [-0.05, 0) is 81.2 Å². The summed E-state index contributed by atoms with van der Waals surface area (Å²) in [4.78, 5) is 50.6. The minimum Gasteiger partial charge on any atom is -0.463 e. The number of anilines is 1. The van der Waals surface area contributed by atoms with E-state index in [0.29, 0.717) is 5.39 Å². The van der Waals surface area contributed by atoms with Crippen molar-refractivity contribution in [2.24, 2.45) is 0 Å². The average Bonchev–Trinajstić information content (AvgIpc) is 3.87. The predicted molar refractivity (Wildman–Crippen MR) is 196 cm³/mol. The van der Waals surface area contributed by atoms with Crippen LogP contribution < -0.4 is 4.90 Å². The Hall–Kier alpha value is -3.47. The number of carbonyl (C=O) groups excluding carboxylic acids is 3. The van der Waals surface area contributed by atoms with Crippen LogP contribution in [0, 0.1) is 0 Å². The molecular formula is C36H54N5O12P. The fourth-order valence-corrected chi connectivity index (χ4v) is 8.24. The highest BCUT2D eigenvalue weighted by Gasteiger charge is 2.58. The molecule has 1 amide bonds. The van der Waals surface area contributed by atoms with Gasteiger partial charge >= 0.3 is 18.0 Å². The monoisotopic (exact) mass is 779 g/mol. The smallest absolute Gasteiger partial charge is 0.416 e. The molecule has 0 radical (unpaired) electrons. The second-order valence-corrected chi connectivity index (χ2v) is 17.8. The number of fused-ring (bicyclic) bond motifs is 2. The largest absolute Gasteiger partial charge is 0.463 e. The summed E-state index contributed by atoms with van der Waals surface area (Å²) in [5.74, 6) is -2.10. The molecule has 2 aromatic heterocycles. The molecule has 300 valence electrons. The number of hydrogen-bond donors (Lipinski definition) is 0. The molecule has 2 aromatic rings. The van der Waals surface area contributed by atoms with E-state index in [1.165, 1.54) is 30.4 Å². The summed E-state index contributed by atoms with van der Waals surface area (Å²) in [5.41, 5.74) is -0.510. The van der Waals surface area contributed by atoms with Gasteiger partial charge in [0.25, 0.3) is 0 Å². The van der Waals surface area contributed by atoms with E-state index < -0.39 is 66.7 Å². The topological polar surface area (TPSA) is 189 Å². The lowest BCUT2D eigenvalue weighted by Gasteiger charge is -2.34. The fraction of sp³-hybridized carbons (Fsp3) is 0.722. The lowest BCUT2D eigenvalue weighted by Crippen LogP contribution is -2.44. The van der Waals surface area contributed by atoms with Crippen LogP contribution in [0.3, 0.4) is 0 Å². The normalized spacial score (nSPS) is 25.0. The van der Waals surface area contributed by atoms with Gasteiger partial charge in [-0.3, -0.25) is 9.46 Å². The molecule has 0 N–H and O–H groups in total. The first-order chi connectivity index (χ1) is 25.3. The van der Waals surface area contributed by atoms with Crippen LogP contribution in [0.4, 0.5) is 10.6 Å².